The molecule has 0 bridgehead atoms. The average molecular weight is 306 g/mol. The monoisotopic (exact) mass is 306 g/mol. The van der Waals surface area contributed by atoms with Crippen molar-refractivity contribution in [3.63, 3.8) is 0 Å². The lowest BCUT2D eigenvalue weighted by molar-refractivity contribution is -0.127. The summed E-state index contributed by atoms with van der Waals surface area (Å²) in [6, 6.07) is 8.54. The molecule has 0 unspecified atom stereocenters. The SMILES string of the molecule is C[C@@H]1CC[C@@H](C(=O)NN)N(C(=O)NOCc2ccccc2)C1. The number of amides is 3. The van der Waals surface area contributed by atoms with Crippen molar-refractivity contribution in [2.24, 2.45) is 11.8 Å². The summed E-state index contributed by atoms with van der Waals surface area (Å²) in [6.07, 6.45) is 1.48. The van der Waals surface area contributed by atoms with Gasteiger partial charge in [0.25, 0.3) is 5.91 Å². The molecular weight excluding hydrogens is 284 g/mol. The minimum atomic E-state index is -0.554. The first kappa shape index (κ1) is 16.3. The summed E-state index contributed by atoms with van der Waals surface area (Å²) in [5, 5.41) is 0. The van der Waals surface area contributed by atoms with Crippen LogP contribution in [0.5, 0.6) is 0 Å². The molecule has 1 aliphatic heterocycles. The lowest BCUT2D eigenvalue weighted by atomic mass is 9.94. The number of benzene rings is 1. The Hall–Kier alpha value is -2.12. The molecule has 1 heterocycles. The van der Waals surface area contributed by atoms with Crippen LogP contribution in [0.25, 0.3) is 0 Å². The molecule has 0 radical (unpaired) electrons. The van der Waals surface area contributed by atoms with Crippen LogP contribution in [0.4, 0.5) is 4.79 Å². The second-order valence-electron chi connectivity index (χ2n) is 5.54. The van der Waals surface area contributed by atoms with Gasteiger partial charge in [0, 0.05) is 6.54 Å². The highest BCUT2D eigenvalue weighted by molar-refractivity contribution is 5.86. The van der Waals surface area contributed by atoms with E-state index in [1.807, 2.05) is 37.3 Å². The van der Waals surface area contributed by atoms with Gasteiger partial charge in [0.15, 0.2) is 0 Å². The Kier molecular flexibility index (Phi) is 5.74. The van der Waals surface area contributed by atoms with Crippen LogP contribution in [-0.2, 0) is 16.2 Å². The van der Waals surface area contributed by atoms with E-state index < -0.39 is 12.1 Å². The van der Waals surface area contributed by atoms with Gasteiger partial charge in [0.1, 0.15) is 6.04 Å². The van der Waals surface area contributed by atoms with E-state index in [4.69, 9.17) is 10.7 Å². The van der Waals surface area contributed by atoms with Crippen LogP contribution in [-0.4, -0.2) is 29.4 Å². The van der Waals surface area contributed by atoms with Gasteiger partial charge in [-0.15, -0.1) is 0 Å². The maximum absolute atomic E-state index is 12.2. The van der Waals surface area contributed by atoms with E-state index in [-0.39, 0.29) is 12.5 Å². The van der Waals surface area contributed by atoms with Crippen LogP contribution in [0.1, 0.15) is 25.3 Å². The third-order valence-electron chi connectivity index (χ3n) is 3.76. The molecule has 1 aliphatic rings. The maximum Gasteiger partial charge on any atom is 0.342 e. The van der Waals surface area contributed by atoms with Gasteiger partial charge in [0.05, 0.1) is 6.61 Å². The van der Waals surface area contributed by atoms with E-state index in [9.17, 15) is 9.59 Å². The summed E-state index contributed by atoms with van der Waals surface area (Å²) < 4.78 is 0. The molecule has 120 valence electrons. The van der Waals surface area contributed by atoms with E-state index in [1.165, 1.54) is 4.90 Å². The fourth-order valence-corrected chi connectivity index (χ4v) is 2.56. The molecule has 0 spiro atoms. The first-order valence-electron chi connectivity index (χ1n) is 7.34. The van der Waals surface area contributed by atoms with Gasteiger partial charge in [-0.1, -0.05) is 37.3 Å². The van der Waals surface area contributed by atoms with Crippen molar-refractivity contribution in [3.8, 4) is 0 Å². The first-order valence-corrected chi connectivity index (χ1v) is 7.34. The summed E-state index contributed by atoms with van der Waals surface area (Å²) in [7, 11) is 0. The van der Waals surface area contributed by atoms with E-state index in [0.29, 0.717) is 18.9 Å². The Morgan fingerprint density at radius 2 is 2.05 bits per heavy atom. The van der Waals surface area contributed by atoms with Gasteiger partial charge in [-0.3, -0.25) is 15.1 Å². The predicted molar refractivity (Wildman–Crippen MR) is 81.0 cm³/mol. The van der Waals surface area contributed by atoms with Crippen LogP contribution in [0.2, 0.25) is 0 Å². The van der Waals surface area contributed by atoms with Crippen LogP contribution < -0.4 is 16.7 Å². The van der Waals surface area contributed by atoms with Crippen LogP contribution >= 0.6 is 0 Å². The van der Waals surface area contributed by atoms with Crippen LogP contribution in [0.15, 0.2) is 30.3 Å². The number of carbonyl (C=O) groups excluding carboxylic acids is 2. The molecule has 1 aromatic rings. The van der Waals surface area contributed by atoms with Crippen molar-refractivity contribution in [2.45, 2.75) is 32.4 Å². The van der Waals surface area contributed by atoms with Crippen molar-refractivity contribution in [1.29, 1.82) is 0 Å². The number of rotatable bonds is 4. The fourth-order valence-electron chi connectivity index (χ4n) is 2.56. The summed E-state index contributed by atoms with van der Waals surface area (Å²) in [4.78, 5) is 30.7. The highest BCUT2D eigenvalue weighted by atomic mass is 16.7. The van der Waals surface area contributed by atoms with Crippen molar-refractivity contribution < 1.29 is 14.4 Å². The molecule has 4 N–H and O–H groups in total. The maximum atomic E-state index is 12.2. The number of piperidine rings is 1. The Morgan fingerprint density at radius 3 is 2.73 bits per heavy atom. The molecular formula is C15H22N4O3. The lowest BCUT2D eigenvalue weighted by Crippen LogP contribution is -2.57. The van der Waals surface area contributed by atoms with Gasteiger partial charge in [-0.2, -0.15) is 0 Å². The quantitative estimate of drug-likeness (QED) is 0.438. The highest BCUT2D eigenvalue weighted by Crippen LogP contribution is 2.21. The number of likely N-dealkylation sites (tertiary alicyclic amines) is 1. The zero-order chi connectivity index (χ0) is 15.9. The van der Waals surface area contributed by atoms with E-state index in [1.54, 1.807) is 0 Å². The van der Waals surface area contributed by atoms with Crippen molar-refractivity contribution >= 4 is 11.9 Å². The summed E-state index contributed by atoms with van der Waals surface area (Å²) in [6.45, 7) is 2.81. The minimum Gasteiger partial charge on any atom is -0.311 e. The van der Waals surface area contributed by atoms with Crippen molar-refractivity contribution in [3.05, 3.63) is 35.9 Å². The number of hydrogen-bond acceptors (Lipinski definition) is 4. The van der Waals surface area contributed by atoms with Gasteiger partial charge in [-0.25, -0.2) is 16.1 Å². The molecule has 0 saturated carbocycles. The first-order chi connectivity index (χ1) is 10.6. The predicted octanol–water partition coefficient (Wildman–Crippen LogP) is 0.918. The Labute approximate surface area is 129 Å². The topological polar surface area (TPSA) is 96.7 Å². The number of nitrogens with two attached hydrogens (primary N) is 1. The van der Waals surface area contributed by atoms with E-state index in [2.05, 4.69) is 10.9 Å². The Morgan fingerprint density at radius 1 is 1.32 bits per heavy atom. The van der Waals surface area contributed by atoms with Gasteiger partial charge < -0.3 is 4.90 Å². The normalized spacial score (nSPS) is 21.3. The molecule has 7 nitrogen and oxygen atoms in total. The molecule has 7 heteroatoms. The largest absolute Gasteiger partial charge is 0.342 e. The van der Waals surface area contributed by atoms with Gasteiger partial charge >= 0.3 is 6.03 Å². The summed E-state index contributed by atoms with van der Waals surface area (Å²) >= 11 is 0. The second kappa shape index (κ2) is 7.77. The highest BCUT2D eigenvalue weighted by Gasteiger charge is 2.34. The van der Waals surface area contributed by atoms with Crippen molar-refractivity contribution in [2.75, 3.05) is 6.54 Å². The molecule has 0 aromatic heterocycles. The van der Waals surface area contributed by atoms with E-state index in [0.717, 1.165) is 12.0 Å². The number of hydrazine groups is 1. The number of urea groups is 1. The number of hydroxylamine groups is 1. The molecule has 2 atom stereocenters. The molecule has 1 saturated heterocycles. The smallest absolute Gasteiger partial charge is 0.311 e. The number of hydrogen-bond donors (Lipinski definition) is 3. The second-order valence-corrected chi connectivity index (χ2v) is 5.54. The number of nitrogens with one attached hydrogen (secondary N) is 2. The number of nitrogens with zero attached hydrogens (tertiary/aromatic N) is 1. The molecule has 22 heavy (non-hydrogen) atoms. The van der Waals surface area contributed by atoms with Gasteiger partial charge in [0.2, 0.25) is 0 Å². The number of carbonyl (C=O) groups is 2. The van der Waals surface area contributed by atoms with Crippen LogP contribution in [0, 0.1) is 5.92 Å². The molecule has 1 fully saturated rings. The molecule has 3 amide bonds. The average Bonchev–Trinajstić information content (AvgIpc) is 2.55. The summed E-state index contributed by atoms with van der Waals surface area (Å²) in [5.74, 6) is 5.17. The van der Waals surface area contributed by atoms with Crippen LogP contribution in [0.3, 0.4) is 0 Å². The fraction of sp³-hybridized carbons (Fsp3) is 0.467. The minimum absolute atomic E-state index is 0.268. The van der Waals surface area contributed by atoms with Gasteiger partial charge in [-0.05, 0) is 24.3 Å². The standard InChI is InChI=1S/C15H22N4O3/c1-11-7-8-13(14(20)17-16)19(9-11)15(21)18-22-10-12-5-3-2-4-6-12/h2-6,11,13H,7-10,16H2,1H3,(H,17,20)(H,18,21)/t11-,13+/m1/s1. The van der Waals surface area contributed by atoms with E-state index >= 15 is 0 Å². The third kappa shape index (κ3) is 4.19. The summed E-state index contributed by atoms with van der Waals surface area (Å²) in [5.41, 5.74) is 5.46. The Bertz CT molecular complexity index is 509. The molecule has 1 aromatic carbocycles. The molecule has 0 aliphatic carbocycles. The van der Waals surface area contributed by atoms with Crippen molar-refractivity contribution in [1.82, 2.24) is 15.8 Å². The lowest BCUT2D eigenvalue weighted by Gasteiger charge is -2.36. The zero-order valence-electron chi connectivity index (χ0n) is 12.6. The Balaban J connectivity index is 1.89. The zero-order valence-corrected chi connectivity index (χ0v) is 12.6. The molecule has 2 rings (SSSR count). The third-order valence-corrected chi connectivity index (χ3v) is 3.76.